The molecule has 0 fully saturated rings. The summed E-state index contributed by atoms with van der Waals surface area (Å²) in [7, 11) is 3.52. The zero-order chi connectivity index (χ0) is 25.5. The summed E-state index contributed by atoms with van der Waals surface area (Å²) in [5, 5.41) is 4.94. The first-order chi connectivity index (χ1) is 16.5. The molecule has 35 heavy (non-hydrogen) atoms. The third-order valence-electron chi connectivity index (χ3n) is 6.74. The van der Waals surface area contributed by atoms with Crippen molar-refractivity contribution in [2.24, 2.45) is 0 Å². The van der Waals surface area contributed by atoms with Crippen molar-refractivity contribution in [3.05, 3.63) is 58.8 Å². The first kappa shape index (κ1) is 24.8. The lowest BCUT2D eigenvalue weighted by Gasteiger charge is -2.31. The molecule has 4 rings (SSSR count). The Morgan fingerprint density at radius 3 is 2.37 bits per heavy atom. The highest BCUT2D eigenvalue weighted by atomic mass is 16.5. The number of nitrogens with zero attached hydrogens (tertiary/aromatic N) is 3. The third kappa shape index (κ3) is 4.66. The van der Waals surface area contributed by atoms with Crippen molar-refractivity contribution in [1.29, 1.82) is 0 Å². The second-order valence-corrected chi connectivity index (χ2v) is 10.5. The SMILES string of the molecule is CCc1ccc(-n2nc(C(=O)N(C)C(C)(C)C)c3c2-c2cc(OC(C)C)c(OC)cc2CC3)cc1. The molecule has 3 aromatic rings. The van der Waals surface area contributed by atoms with Gasteiger partial charge in [-0.3, -0.25) is 4.79 Å². The van der Waals surface area contributed by atoms with Gasteiger partial charge in [0, 0.05) is 23.7 Å². The second kappa shape index (κ2) is 9.40. The minimum absolute atomic E-state index is 0.00841. The van der Waals surface area contributed by atoms with Crippen LogP contribution in [0.15, 0.2) is 36.4 Å². The molecule has 1 aliphatic rings. The number of benzene rings is 2. The van der Waals surface area contributed by atoms with Crippen LogP contribution in [0.3, 0.4) is 0 Å². The Bertz CT molecular complexity index is 1230. The molecule has 0 spiro atoms. The van der Waals surface area contributed by atoms with Crippen molar-refractivity contribution in [3.63, 3.8) is 0 Å². The number of aromatic nitrogens is 2. The van der Waals surface area contributed by atoms with E-state index in [4.69, 9.17) is 14.6 Å². The summed E-state index contributed by atoms with van der Waals surface area (Å²) in [5.74, 6) is 1.36. The minimum atomic E-state index is -0.311. The molecule has 1 aliphatic carbocycles. The van der Waals surface area contributed by atoms with Crippen LogP contribution < -0.4 is 9.47 Å². The lowest BCUT2D eigenvalue weighted by Crippen LogP contribution is -2.43. The van der Waals surface area contributed by atoms with E-state index in [-0.39, 0.29) is 17.6 Å². The Hall–Kier alpha value is -3.28. The van der Waals surface area contributed by atoms with E-state index in [1.165, 1.54) is 11.1 Å². The Balaban J connectivity index is 1.96. The molecule has 0 unspecified atom stereocenters. The lowest BCUT2D eigenvalue weighted by atomic mass is 9.88. The van der Waals surface area contributed by atoms with Gasteiger partial charge < -0.3 is 14.4 Å². The topological polar surface area (TPSA) is 56.6 Å². The highest BCUT2D eigenvalue weighted by molar-refractivity contribution is 5.97. The number of amides is 1. The number of methoxy groups -OCH3 is 1. The van der Waals surface area contributed by atoms with Crippen LogP contribution in [0.1, 0.15) is 68.7 Å². The van der Waals surface area contributed by atoms with Gasteiger partial charge in [0.1, 0.15) is 0 Å². The van der Waals surface area contributed by atoms with Crippen molar-refractivity contribution >= 4 is 5.91 Å². The van der Waals surface area contributed by atoms with Gasteiger partial charge in [-0.05, 0) is 89.3 Å². The maximum Gasteiger partial charge on any atom is 0.274 e. The van der Waals surface area contributed by atoms with E-state index < -0.39 is 0 Å². The third-order valence-corrected chi connectivity index (χ3v) is 6.74. The molecule has 186 valence electrons. The van der Waals surface area contributed by atoms with Gasteiger partial charge in [-0.15, -0.1) is 0 Å². The lowest BCUT2D eigenvalue weighted by molar-refractivity contribution is 0.0648. The zero-order valence-corrected chi connectivity index (χ0v) is 22.2. The van der Waals surface area contributed by atoms with Crippen LogP contribution >= 0.6 is 0 Å². The standard InChI is InChI=1S/C29H37N3O3/c1-9-19-10-13-21(14-11-19)32-27-22(26(30-32)28(33)31(7)29(4,5)6)15-12-20-16-24(34-8)25(17-23(20)27)35-18(2)3/h10-11,13-14,16-18H,9,12,15H2,1-8H3. The predicted octanol–water partition coefficient (Wildman–Crippen LogP) is 5.87. The van der Waals surface area contributed by atoms with Crippen molar-refractivity contribution < 1.29 is 14.3 Å². The molecule has 2 aromatic carbocycles. The fourth-order valence-electron chi connectivity index (χ4n) is 4.45. The van der Waals surface area contributed by atoms with Crippen molar-refractivity contribution in [2.75, 3.05) is 14.2 Å². The highest BCUT2D eigenvalue weighted by Gasteiger charge is 2.33. The molecular weight excluding hydrogens is 438 g/mol. The van der Waals surface area contributed by atoms with Crippen LogP contribution in [0.4, 0.5) is 0 Å². The molecule has 0 bridgehead atoms. The van der Waals surface area contributed by atoms with E-state index in [1.807, 2.05) is 52.4 Å². The maximum atomic E-state index is 13.6. The Labute approximate surface area is 208 Å². The van der Waals surface area contributed by atoms with E-state index in [0.29, 0.717) is 11.4 Å². The van der Waals surface area contributed by atoms with Gasteiger partial charge in [0.15, 0.2) is 17.2 Å². The van der Waals surface area contributed by atoms with Gasteiger partial charge in [0.2, 0.25) is 0 Å². The number of fused-ring (bicyclic) bond motifs is 3. The Morgan fingerprint density at radius 1 is 1.11 bits per heavy atom. The normalized spacial score (nSPS) is 12.8. The van der Waals surface area contributed by atoms with Crippen molar-refractivity contribution in [1.82, 2.24) is 14.7 Å². The molecule has 0 atom stereocenters. The molecule has 1 heterocycles. The molecule has 0 N–H and O–H groups in total. The molecular formula is C29H37N3O3. The number of hydrogen-bond acceptors (Lipinski definition) is 4. The number of ether oxygens (including phenoxy) is 2. The van der Waals surface area contributed by atoms with Crippen molar-refractivity contribution in [3.8, 4) is 28.4 Å². The van der Waals surface area contributed by atoms with Crippen LogP contribution in [0.25, 0.3) is 16.9 Å². The summed E-state index contributed by atoms with van der Waals surface area (Å²) >= 11 is 0. The quantitative estimate of drug-likeness (QED) is 0.448. The van der Waals surface area contributed by atoms with Crippen LogP contribution in [-0.2, 0) is 19.3 Å². The summed E-state index contributed by atoms with van der Waals surface area (Å²) in [6, 6.07) is 12.5. The fourth-order valence-corrected chi connectivity index (χ4v) is 4.45. The molecule has 6 heteroatoms. The minimum Gasteiger partial charge on any atom is -0.493 e. The number of carbonyl (C=O) groups is 1. The Morgan fingerprint density at radius 2 is 1.80 bits per heavy atom. The summed E-state index contributed by atoms with van der Waals surface area (Å²) < 4.78 is 13.7. The van der Waals surface area contributed by atoms with E-state index in [0.717, 1.165) is 47.5 Å². The zero-order valence-electron chi connectivity index (χ0n) is 22.2. The number of aryl methyl sites for hydroxylation is 2. The average molecular weight is 476 g/mol. The number of hydrogen-bond donors (Lipinski definition) is 0. The fraction of sp³-hybridized carbons (Fsp3) is 0.448. The monoisotopic (exact) mass is 475 g/mol. The van der Waals surface area contributed by atoms with Gasteiger partial charge in [0.05, 0.1) is 24.6 Å². The van der Waals surface area contributed by atoms with Gasteiger partial charge in [-0.2, -0.15) is 5.10 Å². The van der Waals surface area contributed by atoms with E-state index in [9.17, 15) is 4.79 Å². The van der Waals surface area contributed by atoms with E-state index >= 15 is 0 Å². The van der Waals surface area contributed by atoms with Gasteiger partial charge in [-0.1, -0.05) is 19.1 Å². The van der Waals surface area contributed by atoms with Gasteiger partial charge >= 0.3 is 0 Å². The van der Waals surface area contributed by atoms with Crippen LogP contribution in [0, 0.1) is 0 Å². The summed E-state index contributed by atoms with van der Waals surface area (Å²) in [4.78, 5) is 15.4. The molecule has 0 saturated carbocycles. The van der Waals surface area contributed by atoms with Crippen molar-refractivity contribution in [2.45, 2.75) is 72.4 Å². The van der Waals surface area contributed by atoms with Crippen LogP contribution in [0.5, 0.6) is 11.5 Å². The van der Waals surface area contributed by atoms with E-state index in [2.05, 4.69) is 37.3 Å². The largest absolute Gasteiger partial charge is 0.493 e. The summed E-state index contributed by atoms with van der Waals surface area (Å²) in [6.07, 6.45) is 2.52. The Kier molecular flexibility index (Phi) is 6.67. The molecule has 1 amide bonds. The first-order valence-corrected chi connectivity index (χ1v) is 12.4. The highest BCUT2D eigenvalue weighted by Crippen LogP contribution is 2.43. The molecule has 0 aliphatic heterocycles. The predicted molar refractivity (Wildman–Crippen MR) is 140 cm³/mol. The second-order valence-electron chi connectivity index (χ2n) is 10.5. The number of rotatable bonds is 6. The molecule has 6 nitrogen and oxygen atoms in total. The van der Waals surface area contributed by atoms with Gasteiger partial charge in [0.25, 0.3) is 5.91 Å². The van der Waals surface area contributed by atoms with Crippen LogP contribution in [-0.4, -0.2) is 46.4 Å². The first-order valence-electron chi connectivity index (χ1n) is 12.4. The molecule has 1 aromatic heterocycles. The summed E-state index contributed by atoms with van der Waals surface area (Å²) in [6.45, 7) is 12.3. The smallest absolute Gasteiger partial charge is 0.274 e. The maximum absolute atomic E-state index is 13.6. The number of carbonyl (C=O) groups excluding carboxylic acids is 1. The molecule has 0 saturated heterocycles. The van der Waals surface area contributed by atoms with E-state index in [1.54, 1.807) is 12.0 Å². The van der Waals surface area contributed by atoms with Crippen LogP contribution in [0.2, 0.25) is 0 Å². The summed E-state index contributed by atoms with van der Waals surface area (Å²) in [5.41, 5.74) is 6.55. The van der Waals surface area contributed by atoms with Gasteiger partial charge in [-0.25, -0.2) is 4.68 Å². The molecule has 0 radical (unpaired) electrons. The average Bonchev–Trinajstić information content (AvgIpc) is 3.22.